The van der Waals surface area contributed by atoms with E-state index in [4.69, 9.17) is 4.98 Å². The number of aromatic nitrogens is 5. The molecule has 0 spiro atoms. The first kappa shape index (κ1) is 22.4. The molecule has 1 fully saturated rings. The van der Waals surface area contributed by atoms with E-state index in [0.717, 1.165) is 11.1 Å². The van der Waals surface area contributed by atoms with Crippen molar-refractivity contribution < 1.29 is 9.72 Å². The number of rotatable bonds is 5. The number of carbonyl (C=O) groups is 1. The second kappa shape index (κ2) is 9.09. The van der Waals surface area contributed by atoms with E-state index in [1.165, 1.54) is 24.3 Å². The first-order valence-corrected chi connectivity index (χ1v) is 11.3. The molecule has 2 aromatic carbocycles. The van der Waals surface area contributed by atoms with Crippen LogP contribution in [-0.2, 0) is 6.54 Å². The zero-order valence-corrected chi connectivity index (χ0v) is 19.0. The van der Waals surface area contributed by atoms with Crippen LogP contribution in [0.1, 0.15) is 46.1 Å². The minimum absolute atomic E-state index is 0.0178. The molecule has 1 aliphatic heterocycles. The molecule has 178 valence electrons. The molecular formula is C24H23N7O4. The molecule has 0 bridgehead atoms. The topological polar surface area (TPSA) is 140 Å². The SMILES string of the molecule is Cc1ccc(Cn2nnc3c(=O)[nH]c(C4CCN(C(=O)c5ccc([N+](=O)[O-])cc5)CC4)nc32)cc1. The predicted molar refractivity (Wildman–Crippen MR) is 127 cm³/mol. The van der Waals surface area contributed by atoms with E-state index in [2.05, 4.69) is 15.3 Å². The van der Waals surface area contributed by atoms with Gasteiger partial charge in [0, 0.05) is 36.7 Å². The third kappa shape index (κ3) is 4.52. The van der Waals surface area contributed by atoms with Gasteiger partial charge in [0.2, 0.25) is 0 Å². The number of aryl methyl sites for hydroxylation is 1. The van der Waals surface area contributed by atoms with Crippen molar-refractivity contribution in [3.8, 4) is 0 Å². The Hall–Kier alpha value is -4.41. The average Bonchev–Trinajstić information content (AvgIpc) is 3.28. The molecule has 1 saturated heterocycles. The summed E-state index contributed by atoms with van der Waals surface area (Å²) >= 11 is 0. The van der Waals surface area contributed by atoms with Gasteiger partial charge in [0.1, 0.15) is 5.82 Å². The van der Waals surface area contributed by atoms with E-state index < -0.39 is 4.92 Å². The highest BCUT2D eigenvalue weighted by molar-refractivity contribution is 5.94. The van der Waals surface area contributed by atoms with Gasteiger partial charge in [0.15, 0.2) is 11.2 Å². The van der Waals surface area contributed by atoms with Gasteiger partial charge in [-0.2, -0.15) is 0 Å². The van der Waals surface area contributed by atoms with Gasteiger partial charge in [-0.25, -0.2) is 9.67 Å². The third-order valence-electron chi connectivity index (χ3n) is 6.34. The fourth-order valence-electron chi connectivity index (χ4n) is 4.31. The van der Waals surface area contributed by atoms with Gasteiger partial charge in [0.05, 0.1) is 11.5 Å². The Morgan fingerprint density at radius 3 is 2.46 bits per heavy atom. The maximum absolute atomic E-state index is 12.8. The summed E-state index contributed by atoms with van der Waals surface area (Å²) in [6, 6.07) is 13.7. The summed E-state index contributed by atoms with van der Waals surface area (Å²) in [4.78, 5) is 45.1. The normalized spacial score (nSPS) is 14.4. The molecule has 0 radical (unpaired) electrons. The average molecular weight is 473 g/mol. The second-order valence-corrected chi connectivity index (χ2v) is 8.73. The summed E-state index contributed by atoms with van der Waals surface area (Å²) in [7, 11) is 0. The van der Waals surface area contributed by atoms with E-state index in [9.17, 15) is 19.7 Å². The zero-order chi connectivity index (χ0) is 24.5. The van der Waals surface area contributed by atoms with Crippen LogP contribution in [0.2, 0.25) is 0 Å². The Balaban J connectivity index is 1.31. The Morgan fingerprint density at radius 2 is 1.80 bits per heavy atom. The van der Waals surface area contributed by atoms with Gasteiger partial charge in [0.25, 0.3) is 17.2 Å². The smallest absolute Gasteiger partial charge is 0.281 e. The highest BCUT2D eigenvalue weighted by Gasteiger charge is 2.27. The molecule has 11 nitrogen and oxygen atoms in total. The lowest BCUT2D eigenvalue weighted by molar-refractivity contribution is -0.384. The molecule has 0 unspecified atom stereocenters. The summed E-state index contributed by atoms with van der Waals surface area (Å²) in [5.74, 6) is 0.378. The van der Waals surface area contributed by atoms with Crippen LogP contribution in [-0.4, -0.2) is 53.8 Å². The Bertz CT molecular complexity index is 1450. The monoisotopic (exact) mass is 473 g/mol. The van der Waals surface area contributed by atoms with Crippen LogP contribution in [0, 0.1) is 17.0 Å². The molecule has 1 N–H and O–H groups in total. The summed E-state index contributed by atoms with van der Waals surface area (Å²) < 4.78 is 1.63. The fourth-order valence-corrected chi connectivity index (χ4v) is 4.31. The van der Waals surface area contributed by atoms with E-state index in [-0.39, 0.29) is 28.6 Å². The molecule has 1 aliphatic rings. The van der Waals surface area contributed by atoms with Crippen molar-refractivity contribution in [3.05, 3.63) is 91.5 Å². The number of nitro groups is 1. The Morgan fingerprint density at radius 1 is 1.11 bits per heavy atom. The number of hydrogen-bond donors (Lipinski definition) is 1. The molecule has 3 heterocycles. The van der Waals surface area contributed by atoms with Crippen molar-refractivity contribution in [2.45, 2.75) is 32.2 Å². The minimum atomic E-state index is -0.493. The molecule has 0 atom stereocenters. The van der Waals surface area contributed by atoms with Gasteiger partial charge >= 0.3 is 0 Å². The number of carbonyl (C=O) groups excluding carboxylic acids is 1. The molecule has 1 amide bonds. The maximum Gasteiger partial charge on any atom is 0.281 e. The number of fused-ring (bicyclic) bond motifs is 1. The molecule has 4 aromatic rings. The molecule has 0 aliphatic carbocycles. The quantitative estimate of drug-likeness (QED) is 0.347. The number of nitro benzene ring substituents is 1. The highest BCUT2D eigenvalue weighted by Crippen LogP contribution is 2.27. The standard InChI is InChI=1S/C24H23N7O4/c1-15-2-4-16(5-3-15)14-30-22-20(27-28-30)23(32)26-21(25-22)17-10-12-29(13-11-17)24(33)18-6-8-19(9-7-18)31(34)35/h2-9,17H,10-14H2,1H3,(H,25,26,32). The number of nitrogens with zero attached hydrogens (tertiary/aromatic N) is 6. The van der Waals surface area contributed by atoms with Gasteiger partial charge in [-0.3, -0.25) is 19.7 Å². The number of benzene rings is 2. The second-order valence-electron chi connectivity index (χ2n) is 8.73. The lowest BCUT2D eigenvalue weighted by Gasteiger charge is -2.31. The van der Waals surface area contributed by atoms with Gasteiger partial charge < -0.3 is 9.88 Å². The van der Waals surface area contributed by atoms with Gasteiger partial charge in [-0.15, -0.1) is 5.10 Å². The largest absolute Gasteiger partial charge is 0.339 e. The summed E-state index contributed by atoms with van der Waals surface area (Å²) in [6.07, 6.45) is 1.26. The molecular weight excluding hydrogens is 450 g/mol. The van der Waals surface area contributed by atoms with Gasteiger partial charge in [-0.1, -0.05) is 35.0 Å². The van der Waals surface area contributed by atoms with E-state index >= 15 is 0 Å². The first-order chi connectivity index (χ1) is 16.9. The van der Waals surface area contributed by atoms with Crippen LogP contribution < -0.4 is 5.56 Å². The van der Waals surface area contributed by atoms with Crippen molar-refractivity contribution in [1.29, 1.82) is 0 Å². The van der Waals surface area contributed by atoms with Crippen LogP contribution in [0.5, 0.6) is 0 Å². The van der Waals surface area contributed by atoms with Crippen molar-refractivity contribution in [1.82, 2.24) is 29.9 Å². The van der Waals surface area contributed by atoms with Crippen molar-refractivity contribution in [2.75, 3.05) is 13.1 Å². The van der Waals surface area contributed by atoms with Crippen LogP contribution in [0.3, 0.4) is 0 Å². The highest BCUT2D eigenvalue weighted by atomic mass is 16.6. The van der Waals surface area contributed by atoms with E-state index in [1.807, 2.05) is 31.2 Å². The van der Waals surface area contributed by atoms with Crippen LogP contribution >= 0.6 is 0 Å². The van der Waals surface area contributed by atoms with Crippen LogP contribution in [0.25, 0.3) is 11.2 Å². The first-order valence-electron chi connectivity index (χ1n) is 11.3. The Labute approximate surface area is 199 Å². The minimum Gasteiger partial charge on any atom is -0.339 e. The summed E-state index contributed by atoms with van der Waals surface area (Å²) in [5.41, 5.74) is 2.86. The number of amides is 1. The van der Waals surface area contributed by atoms with Crippen molar-refractivity contribution in [3.63, 3.8) is 0 Å². The van der Waals surface area contributed by atoms with E-state index in [1.54, 1.807) is 9.58 Å². The predicted octanol–water partition coefficient (Wildman–Crippen LogP) is 2.80. The lowest BCUT2D eigenvalue weighted by atomic mass is 9.95. The maximum atomic E-state index is 12.8. The number of non-ortho nitro benzene ring substituents is 1. The Kier molecular flexibility index (Phi) is 5.81. The number of H-pyrrole nitrogens is 1. The number of nitrogens with one attached hydrogen (secondary N) is 1. The molecule has 2 aromatic heterocycles. The van der Waals surface area contributed by atoms with Gasteiger partial charge in [-0.05, 0) is 37.5 Å². The number of hydrogen-bond acceptors (Lipinski definition) is 7. The van der Waals surface area contributed by atoms with Crippen molar-refractivity contribution in [2.24, 2.45) is 0 Å². The molecule has 11 heteroatoms. The molecule has 5 rings (SSSR count). The van der Waals surface area contributed by atoms with Crippen LogP contribution in [0.15, 0.2) is 53.3 Å². The zero-order valence-electron chi connectivity index (χ0n) is 19.0. The third-order valence-corrected chi connectivity index (χ3v) is 6.34. The summed E-state index contributed by atoms with van der Waals surface area (Å²) in [6.45, 7) is 3.45. The van der Waals surface area contributed by atoms with Crippen LogP contribution in [0.4, 0.5) is 5.69 Å². The number of piperidine rings is 1. The van der Waals surface area contributed by atoms with Crippen molar-refractivity contribution >= 4 is 22.8 Å². The molecule has 0 saturated carbocycles. The molecule has 35 heavy (non-hydrogen) atoms. The fraction of sp³-hybridized carbons (Fsp3) is 0.292. The number of likely N-dealkylation sites (tertiary alicyclic amines) is 1. The number of aromatic amines is 1. The van der Waals surface area contributed by atoms with E-state index in [0.29, 0.717) is 49.5 Å². The summed E-state index contributed by atoms with van der Waals surface area (Å²) in [5, 5.41) is 19.0. The lowest BCUT2D eigenvalue weighted by Crippen LogP contribution is -2.38.